The normalized spacial score (nSPS) is 26.7. The van der Waals surface area contributed by atoms with Gasteiger partial charge in [0.1, 0.15) is 5.60 Å². The number of hydrogen-bond donors (Lipinski definition) is 1. The molecule has 1 aliphatic heterocycles. The Labute approximate surface area is 96.3 Å². The van der Waals surface area contributed by atoms with E-state index in [-0.39, 0.29) is 11.6 Å². The maximum Gasteiger partial charge on any atom is 0.320 e. The number of esters is 1. The minimum absolute atomic E-state index is 0.161. The minimum atomic E-state index is -0.380. The quantitative estimate of drug-likeness (QED) is 0.752. The van der Waals surface area contributed by atoms with Crippen molar-refractivity contribution in [2.45, 2.75) is 51.0 Å². The third-order valence-electron chi connectivity index (χ3n) is 2.30. The molecule has 0 radical (unpaired) electrons. The topological polar surface area (TPSA) is 38.3 Å². The van der Waals surface area contributed by atoms with Gasteiger partial charge in [0.15, 0.2) is 0 Å². The van der Waals surface area contributed by atoms with E-state index in [4.69, 9.17) is 4.74 Å². The average Bonchev–Trinajstić information content (AvgIpc) is 2.44. The van der Waals surface area contributed by atoms with E-state index in [1.54, 1.807) is 0 Å². The highest BCUT2D eigenvalue weighted by atomic mass is 32.2. The maximum absolute atomic E-state index is 11.4. The van der Waals surface area contributed by atoms with Crippen molar-refractivity contribution in [1.82, 2.24) is 5.32 Å². The van der Waals surface area contributed by atoms with Crippen molar-refractivity contribution in [3.63, 3.8) is 0 Å². The van der Waals surface area contributed by atoms with E-state index >= 15 is 0 Å². The van der Waals surface area contributed by atoms with Crippen LogP contribution in [0.25, 0.3) is 0 Å². The summed E-state index contributed by atoms with van der Waals surface area (Å²) in [5.41, 5.74) is -0.380. The number of rotatable bonds is 3. The molecule has 4 heteroatoms. The van der Waals surface area contributed by atoms with E-state index in [0.717, 1.165) is 6.42 Å². The molecule has 0 saturated carbocycles. The highest BCUT2D eigenvalue weighted by molar-refractivity contribution is 8.00. The fraction of sp³-hybridized carbons (Fsp3) is 0.909. The summed E-state index contributed by atoms with van der Waals surface area (Å²) in [4.78, 5) is 11.4. The Morgan fingerprint density at radius 3 is 2.67 bits per heavy atom. The lowest BCUT2D eigenvalue weighted by atomic mass is 10.2. The van der Waals surface area contributed by atoms with E-state index in [1.165, 1.54) is 5.75 Å². The molecule has 0 aromatic carbocycles. The van der Waals surface area contributed by atoms with Crippen molar-refractivity contribution in [3.8, 4) is 0 Å². The SMILES string of the molecule is CC1SCCC1NCC(=O)OC(C)(C)C. The zero-order valence-electron chi connectivity index (χ0n) is 10.0. The molecule has 1 rings (SSSR count). The molecule has 0 amide bonds. The third kappa shape index (κ3) is 4.89. The molecular weight excluding hydrogens is 210 g/mol. The van der Waals surface area contributed by atoms with Gasteiger partial charge in [-0.3, -0.25) is 4.79 Å². The fourth-order valence-electron chi connectivity index (χ4n) is 1.59. The van der Waals surface area contributed by atoms with Crippen LogP contribution in [0.2, 0.25) is 0 Å². The molecule has 2 unspecified atom stereocenters. The van der Waals surface area contributed by atoms with E-state index < -0.39 is 0 Å². The average molecular weight is 231 g/mol. The molecule has 1 N–H and O–H groups in total. The Balaban J connectivity index is 2.22. The van der Waals surface area contributed by atoms with Crippen LogP contribution in [0, 0.1) is 0 Å². The molecule has 2 atom stereocenters. The Kier molecular flexibility index (Phi) is 4.46. The van der Waals surface area contributed by atoms with Crippen molar-refractivity contribution in [2.24, 2.45) is 0 Å². The van der Waals surface area contributed by atoms with Crippen molar-refractivity contribution < 1.29 is 9.53 Å². The smallest absolute Gasteiger partial charge is 0.320 e. The first-order chi connectivity index (χ1) is 6.88. The summed E-state index contributed by atoms with van der Waals surface area (Å²) < 4.78 is 5.22. The van der Waals surface area contributed by atoms with Gasteiger partial charge >= 0.3 is 5.97 Å². The predicted molar refractivity (Wildman–Crippen MR) is 64.2 cm³/mol. The van der Waals surface area contributed by atoms with Gasteiger partial charge in [-0.05, 0) is 32.9 Å². The van der Waals surface area contributed by atoms with Crippen LogP contribution in [0.5, 0.6) is 0 Å². The van der Waals surface area contributed by atoms with Crippen LogP contribution >= 0.6 is 11.8 Å². The number of ether oxygens (including phenoxy) is 1. The lowest BCUT2D eigenvalue weighted by molar-refractivity contribution is -0.153. The van der Waals surface area contributed by atoms with Crippen molar-refractivity contribution >= 4 is 17.7 Å². The molecule has 1 fully saturated rings. The van der Waals surface area contributed by atoms with Gasteiger partial charge in [0.25, 0.3) is 0 Å². The monoisotopic (exact) mass is 231 g/mol. The summed E-state index contributed by atoms with van der Waals surface area (Å²) in [7, 11) is 0. The fourth-order valence-corrected chi connectivity index (χ4v) is 2.82. The highest BCUT2D eigenvalue weighted by Crippen LogP contribution is 2.25. The molecule has 15 heavy (non-hydrogen) atoms. The van der Waals surface area contributed by atoms with E-state index in [0.29, 0.717) is 17.8 Å². The van der Waals surface area contributed by atoms with Gasteiger partial charge in [-0.25, -0.2) is 0 Å². The summed E-state index contributed by atoms with van der Waals surface area (Å²) in [6.45, 7) is 8.19. The Hall–Kier alpha value is -0.220. The first-order valence-electron chi connectivity index (χ1n) is 5.45. The second kappa shape index (κ2) is 5.21. The largest absolute Gasteiger partial charge is 0.459 e. The van der Waals surface area contributed by atoms with Crippen LogP contribution in [-0.4, -0.2) is 35.2 Å². The molecule has 0 aliphatic carbocycles. The first kappa shape index (κ1) is 12.8. The molecular formula is C11H21NO2S. The number of hydrogen-bond acceptors (Lipinski definition) is 4. The number of carbonyl (C=O) groups excluding carboxylic acids is 1. The summed E-state index contributed by atoms with van der Waals surface area (Å²) in [5.74, 6) is 1.03. The van der Waals surface area contributed by atoms with Crippen LogP contribution in [0.15, 0.2) is 0 Å². The molecule has 3 nitrogen and oxygen atoms in total. The molecule has 88 valence electrons. The summed E-state index contributed by atoms with van der Waals surface area (Å²) in [6.07, 6.45) is 1.15. The molecule has 0 spiro atoms. The second-order valence-electron chi connectivity index (χ2n) is 4.94. The summed E-state index contributed by atoms with van der Waals surface area (Å²) >= 11 is 1.96. The molecule has 0 aromatic heterocycles. The Morgan fingerprint density at radius 2 is 2.20 bits per heavy atom. The summed E-state index contributed by atoms with van der Waals surface area (Å²) in [5, 5.41) is 3.86. The Morgan fingerprint density at radius 1 is 1.53 bits per heavy atom. The van der Waals surface area contributed by atoms with Crippen molar-refractivity contribution in [2.75, 3.05) is 12.3 Å². The van der Waals surface area contributed by atoms with Crippen LogP contribution in [0.4, 0.5) is 0 Å². The number of thioether (sulfide) groups is 1. The number of carbonyl (C=O) groups is 1. The number of nitrogens with one attached hydrogen (secondary N) is 1. The van der Waals surface area contributed by atoms with Crippen LogP contribution in [-0.2, 0) is 9.53 Å². The van der Waals surface area contributed by atoms with E-state index in [1.807, 2.05) is 32.5 Å². The Bertz CT molecular complexity index is 225. The second-order valence-corrected chi connectivity index (χ2v) is 6.42. The molecule has 1 heterocycles. The highest BCUT2D eigenvalue weighted by Gasteiger charge is 2.24. The maximum atomic E-state index is 11.4. The minimum Gasteiger partial charge on any atom is -0.459 e. The van der Waals surface area contributed by atoms with Crippen molar-refractivity contribution in [3.05, 3.63) is 0 Å². The third-order valence-corrected chi connectivity index (χ3v) is 3.63. The van der Waals surface area contributed by atoms with Gasteiger partial charge in [-0.15, -0.1) is 0 Å². The lowest BCUT2D eigenvalue weighted by Gasteiger charge is -2.21. The van der Waals surface area contributed by atoms with E-state index in [9.17, 15) is 4.79 Å². The van der Waals surface area contributed by atoms with Crippen LogP contribution < -0.4 is 5.32 Å². The van der Waals surface area contributed by atoms with Gasteiger partial charge in [0.05, 0.1) is 6.54 Å². The summed E-state index contributed by atoms with van der Waals surface area (Å²) in [6, 6.07) is 0.461. The standard InChI is InChI=1S/C11H21NO2S/c1-8-9(5-6-15-8)12-7-10(13)14-11(2,3)4/h8-9,12H,5-7H2,1-4H3. The van der Waals surface area contributed by atoms with Gasteiger partial charge in [0.2, 0.25) is 0 Å². The van der Waals surface area contributed by atoms with Gasteiger partial charge in [0, 0.05) is 11.3 Å². The molecule has 0 aromatic rings. The van der Waals surface area contributed by atoms with Crippen LogP contribution in [0.3, 0.4) is 0 Å². The zero-order chi connectivity index (χ0) is 11.5. The van der Waals surface area contributed by atoms with Gasteiger partial charge in [-0.1, -0.05) is 6.92 Å². The zero-order valence-corrected chi connectivity index (χ0v) is 10.8. The van der Waals surface area contributed by atoms with Gasteiger partial charge < -0.3 is 10.1 Å². The molecule has 1 aliphatic rings. The van der Waals surface area contributed by atoms with Gasteiger partial charge in [-0.2, -0.15) is 11.8 Å². The van der Waals surface area contributed by atoms with E-state index in [2.05, 4.69) is 12.2 Å². The lowest BCUT2D eigenvalue weighted by Crippen LogP contribution is -2.39. The predicted octanol–water partition coefficient (Wildman–Crippen LogP) is 1.81. The first-order valence-corrected chi connectivity index (χ1v) is 6.50. The van der Waals surface area contributed by atoms with Crippen molar-refractivity contribution in [1.29, 1.82) is 0 Å². The molecule has 0 bridgehead atoms. The van der Waals surface area contributed by atoms with Crippen LogP contribution in [0.1, 0.15) is 34.1 Å². The molecule has 1 saturated heterocycles.